The lowest BCUT2D eigenvalue weighted by molar-refractivity contribution is 0.482. The first-order valence-corrected chi connectivity index (χ1v) is 6.33. The summed E-state index contributed by atoms with van der Waals surface area (Å²) in [5, 5.41) is 2.90. The van der Waals surface area contributed by atoms with E-state index in [0.29, 0.717) is 11.1 Å². The molecule has 0 saturated carbocycles. The normalized spacial score (nSPS) is 12.5. The number of halogens is 3. The minimum absolute atomic E-state index is 0.166. The van der Waals surface area contributed by atoms with E-state index >= 15 is 0 Å². The van der Waals surface area contributed by atoms with Crippen molar-refractivity contribution in [3.63, 3.8) is 0 Å². The molecule has 0 spiro atoms. The molecule has 2 aromatic carbocycles. The summed E-state index contributed by atoms with van der Waals surface area (Å²) in [5.41, 5.74) is 1.48. The number of hydrogen-bond donors (Lipinski definition) is 1. The maximum Gasteiger partial charge on any atom is 0.164 e. The van der Waals surface area contributed by atoms with Crippen molar-refractivity contribution in [3.05, 3.63) is 70.0 Å². The fraction of sp³-hybridized carbons (Fsp3) is 0.250. The van der Waals surface area contributed by atoms with Gasteiger partial charge in [0.15, 0.2) is 11.6 Å². The first-order valence-electron chi connectivity index (χ1n) is 6.33. The molecular formula is C16H16F3N. The van der Waals surface area contributed by atoms with Crippen LogP contribution in [-0.4, -0.2) is 7.05 Å². The molecule has 0 amide bonds. The number of nitrogens with one attached hydrogen (secondary N) is 1. The summed E-state index contributed by atoms with van der Waals surface area (Å²) >= 11 is 0. The highest BCUT2D eigenvalue weighted by atomic mass is 19.2. The zero-order valence-electron chi connectivity index (χ0n) is 11.6. The Bertz CT molecular complexity index is 638. The van der Waals surface area contributed by atoms with E-state index in [-0.39, 0.29) is 16.9 Å². The van der Waals surface area contributed by atoms with E-state index in [1.807, 2.05) is 0 Å². The van der Waals surface area contributed by atoms with Crippen LogP contribution in [0.4, 0.5) is 13.2 Å². The third kappa shape index (κ3) is 2.56. The Kier molecular flexibility index (Phi) is 4.14. The molecule has 0 saturated heterocycles. The largest absolute Gasteiger partial charge is 0.309 e. The van der Waals surface area contributed by atoms with Crippen molar-refractivity contribution in [1.82, 2.24) is 5.32 Å². The van der Waals surface area contributed by atoms with Gasteiger partial charge >= 0.3 is 0 Å². The molecule has 0 aliphatic rings. The Morgan fingerprint density at radius 2 is 1.55 bits per heavy atom. The molecule has 4 heteroatoms. The van der Waals surface area contributed by atoms with Crippen LogP contribution >= 0.6 is 0 Å². The quantitative estimate of drug-likeness (QED) is 0.894. The van der Waals surface area contributed by atoms with Crippen LogP contribution in [0.1, 0.15) is 28.3 Å². The lowest BCUT2D eigenvalue weighted by Crippen LogP contribution is -2.20. The van der Waals surface area contributed by atoms with E-state index in [4.69, 9.17) is 0 Å². The second kappa shape index (κ2) is 5.67. The van der Waals surface area contributed by atoms with Crippen LogP contribution in [0.5, 0.6) is 0 Å². The monoisotopic (exact) mass is 279 g/mol. The molecule has 1 atom stereocenters. The zero-order valence-corrected chi connectivity index (χ0v) is 11.6. The number of aryl methyl sites for hydroxylation is 2. The Labute approximate surface area is 116 Å². The first-order chi connectivity index (χ1) is 9.45. The van der Waals surface area contributed by atoms with Crippen molar-refractivity contribution >= 4 is 0 Å². The van der Waals surface area contributed by atoms with Crippen molar-refractivity contribution in [2.24, 2.45) is 0 Å². The van der Waals surface area contributed by atoms with Gasteiger partial charge in [-0.1, -0.05) is 24.3 Å². The molecular weight excluding hydrogens is 263 g/mol. The van der Waals surface area contributed by atoms with Crippen molar-refractivity contribution in [2.45, 2.75) is 19.9 Å². The van der Waals surface area contributed by atoms with Crippen LogP contribution in [0.2, 0.25) is 0 Å². The molecule has 0 aromatic heterocycles. The van der Waals surface area contributed by atoms with Gasteiger partial charge in [-0.2, -0.15) is 0 Å². The van der Waals surface area contributed by atoms with Gasteiger partial charge in [-0.15, -0.1) is 0 Å². The Balaban J connectivity index is 2.52. The molecule has 0 heterocycles. The summed E-state index contributed by atoms with van der Waals surface area (Å²) < 4.78 is 41.4. The van der Waals surface area contributed by atoms with Crippen LogP contribution in [0.15, 0.2) is 30.3 Å². The highest BCUT2D eigenvalue weighted by Crippen LogP contribution is 2.27. The maximum absolute atomic E-state index is 14.1. The summed E-state index contributed by atoms with van der Waals surface area (Å²) in [7, 11) is 1.62. The van der Waals surface area contributed by atoms with E-state index in [2.05, 4.69) is 5.32 Å². The fourth-order valence-electron chi connectivity index (χ4n) is 2.17. The Morgan fingerprint density at radius 1 is 0.900 bits per heavy atom. The third-order valence-corrected chi connectivity index (χ3v) is 3.43. The van der Waals surface area contributed by atoms with Crippen molar-refractivity contribution < 1.29 is 13.2 Å². The lowest BCUT2D eigenvalue weighted by atomic mass is 9.96. The van der Waals surface area contributed by atoms with Crippen molar-refractivity contribution in [2.75, 3.05) is 7.05 Å². The molecule has 1 N–H and O–H groups in total. The molecule has 0 radical (unpaired) electrons. The van der Waals surface area contributed by atoms with Gasteiger partial charge < -0.3 is 5.32 Å². The van der Waals surface area contributed by atoms with E-state index in [9.17, 15) is 13.2 Å². The van der Waals surface area contributed by atoms with E-state index in [1.165, 1.54) is 25.1 Å². The second-order valence-corrected chi connectivity index (χ2v) is 4.83. The van der Waals surface area contributed by atoms with Gasteiger partial charge in [0.25, 0.3) is 0 Å². The van der Waals surface area contributed by atoms with Gasteiger partial charge in [-0.05, 0) is 43.7 Å². The van der Waals surface area contributed by atoms with E-state index in [0.717, 1.165) is 0 Å². The smallest absolute Gasteiger partial charge is 0.164 e. The van der Waals surface area contributed by atoms with Crippen molar-refractivity contribution in [3.8, 4) is 0 Å². The SMILES string of the molecule is CNC(c1ccc(C)c(F)c1)c1ccc(C)c(F)c1F. The van der Waals surface area contributed by atoms with Gasteiger partial charge in [-0.25, -0.2) is 13.2 Å². The molecule has 106 valence electrons. The second-order valence-electron chi connectivity index (χ2n) is 4.83. The van der Waals surface area contributed by atoms with Crippen LogP contribution in [-0.2, 0) is 0 Å². The molecule has 20 heavy (non-hydrogen) atoms. The predicted molar refractivity (Wildman–Crippen MR) is 73.1 cm³/mol. The highest BCUT2D eigenvalue weighted by Gasteiger charge is 2.20. The third-order valence-electron chi connectivity index (χ3n) is 3.43. The molecule has 0 fully saturated rings. The van der Waals surface area contributed by atoms with Crippen LogP contribution in [0.25, 0.3) is 0 Å². The maximum atomic E-state index is 14.1. The number of benzene rings is 2. The fourth-order valence-corrected chi connectivity index (χ4v) is 2.17. The summed E-state index contributed by atoms with van der Waals surface area (Å²) in [6, 6.07) is 7.11. The minimum atomic E-state index is -0.898. The summed E-state index contributed by atoms with van der Waals surface area (Å²) in [6.45, 7) is 3.15. The first kappa shape index (κ1) is 14.6. The Hall–Kier alpha value is -1.81. The van der Waals surface area contributed by atoms with E-state index < -0.39 is 17.7 Å². The average molecular weight is 279 g/mol. The number of hydrogen-bond acceptors (Lipinski definition) is 1. The molecule has 1 unspecified atom stereocenters. The van der Waals surface area contributed by atoms with Crippen LogP contribution < -0.4 is 5.32 Å². The summed E-state index contributed by atoms with van der Waals surface area (Å²) in [5.74, 6) is -2.13. The Morgan fingerprint density at radius 3 is 2.15 bits per heavy atom. The predicted octanol–water partition coefficient (Wildman–Crippen LogP) is 4.03. The summed E-state index contributed by atoms with van der Waals surface area (Å²) in [6.07, 6.45) is 0. The van der Waals surface area contributed by atoms with E-state index in [1.54, 1.807) is 26.1 Å². The van der Waals surface area contributed by atoms with Crippen LogP contribution in [0.3, 0.4) is 0 Å². The molecule has 2 aromatic rings. The van der Waals surface area contributed by atoms with Gasteiger partial charge in [0, 0.05) is 5.56 Å². The van der Waals surface area contributed by atoms with Crippen molar-refractivity contribution in [1.29, 1.82) is 0 Å². The average Bonchev–Trinajstić information content (AvgIpc) is 2.43. The molecule has 0 bridgehead atoms. The van der Waals surface area contributed by atoms with Gasteiger partial charge in [0.1, 0.15) is 5.82 Å². The standard InChI is InChI=1S/C16H16F3N/c1-9-4-6-11(8-13(9)17)16(20-3)12-7-5-10(2)14(18)15(12)19/h4-8,16,20H,1-3H3. The van der Waals surface area contributed by atoms with Gasteiger partial charge in [0.05, 0.1) is 6.04 Å². The summed E-state index contributed by atoms with van der Waals surface area (Å²) in [4.78, 5) is 0. The molecule has 2 rings (SSSR count). The topological polar surface area (TPSA) is 12.0 Å². The molecule has 0 aliphatic heterocycles. The van der Waals surface area contributed by atoms with Gasteiger partial charge in [-0.3, -0.25) is 0 Å². The zero-order chi connectivity index (χ0) is 14.9. The lowest BCUT2D eigenvalue weighted by Gasteiger charge is -2.19. The minimum Gasteiger partial charge on any atom is -0.309 e. The van der Waals surface area contributed by atoms with Gasteiger partial charge in [0.2, 0.25) is 0 Å². The molecule has 1 nitrogen and oxygen atoms in total. The number of rotatable bonds is 3. The molecule has 0 aliphatic carbocycles. The highest BCUT2D eigenvalue weighted by molar-refractivity contribution is 5.36. The van der Waals surface area contributed by atoms with Crippen LogP contribution in [0, 0.1) is 31.3 Å².